The summed E-state index contributed by atoms with van der Waals surface area (Å²) in [6.45, 7) is 0.995. The van der Waals surface area contributed by atoms with Crippen LogP contribution in [0.5, 0.6) is 0 Å². The van der Waals surface area contributed by atoms with E-state index in [0.717, 1.165) is 18.7 Å². The van der Waals surface area contributed by atoms with E-state index >= 15 is 0 Å². The van der Waals surface area contributed by atoms with Gasteiger partial charge < -0.3 is 16.0 Å². The minimum atomic E-state index is -0.368. The molecule has 0 saturated carbocycles. The van der Waals surface area contributed by atoms with E-state index in [4.69, 9.17) is 5.73 Å². The number of nitrogens with one attached hydrogen (secondary N) is 2. The summed E-state index contributed by atoms with van der Waals surface area (Å²) in [7, 11) is 0. The van der Waals surface area contributed by atoms with Gasteiger partial charge in [-0.05, 0) is 19.4 Å². The number of anilines is 1. The Hall–Kier alpha value is -1.36. The summed E-state index contributed by atoms with van der Waals surface area (Å²) >= 11 is 0. The van der Waals surface area contributed by atoms with Crippen LogP contribution < -0.4 is 16.7 Å². The zero-order valence-corrected chi connectivity index (χ0v) is 7.92. The van der Waals surface area contributed by atoms with E-state index in [9.17, 15) is 4.79 Å². The molecule has 1 unspecified atom stereocenters. The Balaban J connectivity index is 2.26. The molecule has 1 atom stereocenters. The lowest BCUT2D eigenvalue weighted by Crippen LogP contribution is -2.29. The van der Waals surface area contributed by atoms with Crippen LogP contribution in [0, 0.1) is 0 Å². The first-order valence-corrected chi connectivity index (χ1v) is 4.86. The van der Waals surface area contributed by atoms with Crippen LogP contribution in [0.4, 0.5) is 5.82 Å². The molecule has 1 aromatic heterocycles. The van der Waals surface area contributed by atoms with Crippen LogP contribution in [-0.4, -0.2) is 16.5 Å². The molecule has 5 nitrogen and oxygen atoms in total. The zero-order chi connectivity index (χ0) is 9.97. The van der Waals surface area contributed by atoms with Gasteiger partial charge in [0, 0.05) is 17.8 Å². The van der Waals surface area contributed by atoms with Crippen LogP contribution in [0.3, 0.4) is 0 Å². The zero-order valence-electron chi connectivity index (χ0n) is 7.92. The number of rotatable bonds is 1. The molecule has 4 N–H and O–H groups in total. The van der Waals surface area contributed by atoms with Crippen molar-refractivity contribution in [2.75, 3.05) is 12.3 Å². The molecule has 1 aromatic rings. The van der Waals surface area contributed by atoms with Gasteiger partial charge in [0.05, 0.1) is 0 Å². The number of nitrogens with two attached hydrogens (primary N) is 1. The van der Waals surface area contributed by atoms with Crippen LogP contribution in [0.15, 0.2) is 10.9 Å². The van der Waals surface area contributed by atoms with Crippen molar-refractivity contribution < 1.29 is 0 Å². The molecule has 0 amide bonds. The topological polar surface area (TPSA) is 83.8 Å². The maximum Gasteiger partial charge on any atom is 0.347 e. The Kier molecular flexibility index (Phi) is 2.49. The van der Waals surface area contributed by atoms with E-state index in [0.29, 0.717) is 0 Å². The third-order valence-electron chi connectivity index (χ3n) is 2.47. The molecule has 5 heteroatoms. The number of aromatic nitrogens is 2. The van der Waals surface area contributed by atoms with Gasteiger partial charge in [-0.2, -0.15) is 4.98 Å². The third kappa shape index (κ3) is 1.93. The first-order valence-electron chi connectivity index (χ1n) is 4.86. The molecule has 14 heavy (non-hydrogen) atoms. The monoisotopic (exact) mass is 194 g/mol. The van der Waals surface area contributed by atoms with Crippen molar-refractivity contribution in [1.29, 1.82) is 0 Å². The van der Waals surface area contributed by atoms with Gasteiger partial charge in [-0.3, -0.25) is 0 Å². The Morgan fingerprint density at radius 2 is 2.36 bits per heavy atom. The van der Waals surface area contributed by atoms with E-state index < -0.39 is 0 Å². The minimum absolute atomic E-state index is 0.224. The largest absolute Gasteiger partial charge is 0.383 e. The van der Waals surface area contributed by atoms with Crippen LogP contribution in [0.25, 0.3) is 0 Å². The van der Waals surface area contributed by atoms with Crippen LogP contribution in [-0.2, 0) is 0 Å². The quantitative estimate of drug-likeness (QED) is 0.595. The average molecular weight is 194 g/mol. The first kappa shape index (κ1) is 9.21. The van der Waals surface area contributed by atoms with Crippen LogP contribution in [0.1, 0.15) is 31.0 Å². The van der Waals surface area contributed by atoms with Crippen molar-refractivity contribution in [2.45, 2.75) is 25.3 Å². The second-order valence-electron chi connectivity index (χ2n) is 3.57. The lowest BCUT2D eigenvalue weighted by Gasteiger charge is -2.23. The molecular formula is C9H14N4O. The summed E-state index contributed by atoms with van der Waals surface area (Å²) in [5, 5.41) is 3.34. The van der Waals surface area contributed by atoms with E-state index in [1.807, 2.05) is 0 Å². The molecule has 2 rings (SSSR count). The van der Waals surface area contributed by atoms with E-state index in [-0.39, 0.29) is 17.5 Å². The predicted molar refractivity (Wildman–Crippen MR) is 53.9 cm³/mol. The lowest BCUT2D eigenvalue weighted by molar-refractivity contribution is 0.404. The normalized spacial score (nSPS) is 22.1. The molecule has 0 aliphatic carbocycles. The third-order valence-corrected chi connectivity index (χ3v) is 2.47. The minimum Gasteiger partial charge on any atom is -0.383 e. The number of nitrogens with zero attached hydrogens (tertiary/aromatic N) is 1. The Bertz CT molecular complexity index is 367. The molecule has 76 valence electrons. The maximum atomic E-state index is 11.1. The molecule has 0 spiro atoms. The summed E-state index contributed by atoms with van der Waals surface area (Å²) in [6.07, 6.45) is 3.42. The Morgan fingerprint density at radius 1 is 1.50 bits per heavy atom. The summed E-state index contributed by atoms with van der Waals surface area (Å²) in [4.78, 5) is 17.4. The van der Waals surface area contributed by atoms with Gasteiger partial charge in [0.15, 0.2) is 0 Å². The number of aromatic amines is 1. The summed E-state index contributed by atoms with van der Waals surface area (Å²) in [6, 6.07) is 1.95. The van der Waals surface area contributed by atoms with Crippen LogP contribution >= 0.6 is 0 Å². The highest BCUT2D eigenvalue weighted by molar-refractivity contribution is 5.29. The molecule has 2 heterocycles. The fourth-order valence-corrected chi connectivity index (χ4v) is 1.80. The van der Waals surface area contributed by atoms with Crippen molar-refractivity contribution in [1.82, 2.24) is 15.3 Å². The average Bonchev–Trinajstić information content (AvgIpc) is 2.18. The van der Waals surface area contributed by atoms with Gasteiger partial charge in [0.1, 0.15) is 5.82 Å². The summed E-state index contributed by atoms with van der Waals surface area (Å²) < 4.78 is 0. The number of piperidine rings is 1. The second-order valence-corrected chi connectivity index (χ2v) is 3.57. The van der Waals surface area contributed by atoms with Crippen molar-refractivity contribution in [3.05, 3.63) is 22.2 Å². The fraction of sp³-hybridized carbons (Fsp3) is 0.556. The summed E-state index contributed by atoms with van der Waals surface area (Å²) in [5.41, 5.74) is 5.99. The molecule has 1 saturated heterocycles. The number of H-pyrrole nitrogens is 1. The van der Waals surface area contributed by atoms with Crippen molar-refractivity contribution >= 4 is 5.82 Å². The predicted octanol–water partition coefficient (Wildman–Crippen LogP) is 0.167. The van der Waals surface area contributed by atoms with Gasteiger partial charge in [-0.25, -0.2) is 4.79 Å². The highest BCUT2D eigenvalue weighted by Gasteiger charge is 2.15. The second kappa shape index (κ2) is 3.79. The lowest BCUT2D eigenvalue weighted by atomic mass is 10.0. The molecule has 0 bridgehead atoms. The highest BCUT2D eigenvalue weighted by atomic mass is 16.1. The number of hydrogen-bond donors (Lipinski definition) is 3. The molecular weight excluding hydrogens is 180 g/mol. The Labute approximate surface area is 81.7 Å². The van der Waals surface area contributed by atoms with E-state index in [1.54, 1.807) is 6.07 Å². The summed E-state index contributed by atoms with van der Waals surface area (Å²) in [5.74, 6) is 0.288. The Morgan fingerprint density at radius 3 is 3.00 bits per heavy atom. The van der Waals surface area contributed by atoms with Gasteiger partial charge >= 0.3 is 5.69 Å². The number of nitrogen functional groups attached to an aromatic ring is 1. The van der Waals surface area contributed by atoms with Gasteiger partial charge in [-0.1, -0.05) is 6.42 Å². The smallest absolute Gasteiger partial charge is 0.347 e. The number of hydrogen-bond acceptors (Lipinski definition) is 4. The van der Waals surface area contributed by atoms with E-state index in [1.165, 1.54) is 12.8 Å². The first-order chi connectivity index (χ1) is 6.75. The molecule has 1 aliphatic rings. The van der Waals surface area contributed by atoms with Crippen molar-refractivity contribution in [3.63, 3.8) is 0 Å². The highest BCUT2D eigenvalue weighted by Crippen LogP contribution is 2.20. The SMILES string of the molecule is Nc1cc(C2CCCCN2)[nH]c(=O)n1. The van der Waals surface area contributed by atoms with E-state index in [2.05, 4.69) is 15.3 Å². The molecule has 0 aromatic carbocycles. The maximum absolute atomic E-state index is 11.1. The van der Waals surface area contributed by atoms with Crippen molar-refractivity contribution in [2.24, 2.45) is 0 Å². The van der Waals surface area contributed by atoms with Gasteiger partial charge in [-0.15, -0.1) is 0 Å². The fourth-order valence-electron chi connectivity index (χ4n) is 1.80. The van der Waals surface area contributed by atoms with Gasteiger partial charge in [0.2, 0.25) is 0 Å². The van der Waals surface area contributed by atoms with Gasteiger partial charge in [0.25, 0.3) is 0 Å². The molecule has 1 aliphatic heterocycles. The molecule has 1 fully saturated rings. The van der Waals surface area contributed by atoms with Crippen molar-refractivity contribution in [3.8, 4) is 0 Å². The standard InChI is InChI=1S/C9H14N4O/c10-8-5-7(12-9(14)13-8)6-3-1-2-4-11-6/h5-6,11H,1-4H2,(H3,10,12,13,14). The molecule has 0 radical (unpaired) electrons. The van der Waals surface area contributed by atoms with Crippen LogP contribution in [0.2, 0.25) is 0 Å².